The highest BCUT2D eigenvalue weighted by molar-refractivity contribution is 5.14. The number of rotatable bonds is 11. The van der Waals surface area contributed by atoms with E-state index in [9.17, 15) is 70.2 Å². The summed E-state index contributed by atoms with van der Waals surface area (Å²) in [4.78, 5) is 0. The van der Waals surface area contributed by atoms with Crippen molar-refractivity contribution in [1.29, 1.82) is 0 Å². The number of halogens is 16. The van der Waals surface area contributed by atoms with Crippen molar-refractivity contribution in [3.05, 3.63) is 6.92 Å². The fraction of sp³-hybridized carbons (Fsp3) is 0.917. The molecule has 0 aromatic rings. The summed E-state index contributed by atoms with van der Waals surface area (Å²) < 4.78 is 211. The van der Waals surface area contributed by atoms with Crippen LogP contribution in [0.3, 0.4) is 0 Å². The smallest absolute Gasteiger partial charge is 0.384 e. The Labute approximate surface area is 155 Å². The van der Waals surface area contributed by atoms with Crippen LogP contribution in [0.4, 0.5) is 70.2 Å². The highest BCUT2D eigenvalue weighted by atomic mass is 19.4. The molecule has 0 saturated carbocycles. The van der Waals surface area contributed by atoms with Gasteiger partial charge in [-0.05, 0) is 6.92 Å². The molecule has 0 rings (SSSR count). The third-order valence-corrected chi connectivity index (χ3v) is 3.32. The number of aliphatic hydroxyl groups is 1. The maximum atomic E-state index is 13.3. The van der Waals surface area contributed by atoms with Crippen LogP contribution in [-0.4, -0.2) is 72.3 Å². The zero-order chi connectivity index (χ0) is 24.8. The molecule has 1 radical (unpaired) electrons. The number of hydrogen-bond acceptors (Lipinski definition) is 2. The minimum Gasteiger partial charge on any atom is -0.391 e. The molecule has 0 fully saturated rings. The van der Waals surface area contributed by atoms with Gasteiger partial charge in [0.15, 0.2) is 0 Å². The number of alkyl halides is 16. The van der Waals surface area contributed by atoms with Gasteiger partial charge in [0, 0.05) is 0 Å². The molecule has 30 heavy (non-hydrogen) atoms. The summed E-state index contributed by atoms with van der Waals surface area (Å²) in [6.45, 7) is -1.79. The zero-order valence-corrected chi connectivity index (χ0v) is 13.7. The summed E-state index contributed by atoms with van der Waals surface area (Å²) in [5.74, 6) is -54.9. The SMILES string of the molecule is [CH2]C(O)COCC(F)(F)C(F)(F)C(F)(F)C(F)(F)C(F)(F)C(F)(F)C(F)(F)C(F)F. The average molecular weight is 489 g/mol. The Bertz CT molecular complexity index is 585. The Morgan fingerprint density at radius 1 is 0.633 bits per heavy atom. The van der Waals surface area contributed by atoms with Gasteiger partial charge in [0.1, 0.15) is 6.61 Å². The number of ether oxygens (including phenoxy) is 1. The summed E-state index contributed by atoms with van der Waals surface area (Å²) in [7, 11) is 0. The molecule has 0 aliphatic rings. The van der Waals surface area contributed by atoms with E-state index in [-0.39, 0.29) is 0 Å². The molecule has 0 bridgehead atoms. The van der Waals surface area contributed by atoms with E-state index in [1.165, 1.54) is 0 Å². The van der Waals surface area contributed by atoms with Crippen molar-refractivity contribution < 1.29 is 80.1 Å². The Morgan fingerprint density at radius 3 is 1.30 bits per heavy atom. The molecule has 0 spiro atoms. The first-order valence-electron chi connectivity index (χ1n) is 6.88. The Balaban J connectivity index is 6.33. The van der Waals surface area contributed by atoms with Crippen LogP contribution in [0, 0.1) is 6.92 Å². The van der Waals surface area contributed by atoms with Crippen LogP contribution in [0.1, 0.15) is 0 Å². The third-order valence-electron chi connectivity index (χ3n) is 3.32. The first kappa shape index (κ1) is 28.8. The monoisotopic (exact) mass is 489 g/mol. The van der Waals surface area contributed by atoms with Crippen molar-refractivity contribution in [1.82, 2.24) is 0 Å². The molecular weight excluding hydrogens is 480 g/mol. The van der Waals surface area contributed by atoms with Crippen molar-refractivity contribution in [2.75, 3.05) is 13.2 Å². The topological polar surface area (TPSA) is 29.5 Å². The van der Waals surface area contributed by atoms with Gasteiger partial charge < -0.3 is 9.84 Å². The van der Waals surface area contributed by atoms with Crippen molar-refractivity contribution in [3.63, 3.8) is 0 Å². The second kappa shape index (κ2) is 8.05. The van der Waals surface area contributed by atoms with Crippen LogP contribution in [0.2, 0.25) is 0 Å². The summed E-state index contributed by atoms with van der Waals surface area (Å²) in [5.41, 5.74) is 0. The normalized spacial score (nSPS) is 16.9. The summed E-state index contributed by atoms with van der Waals surface area (Å²) in [6.07, 6.45) is -7.84. The fourth-order valence-electron chi connectivity index (χ4n) is 1.58. The van der Waals surface area contributed by atoms with Crippen LogP contribution in [0.5, 0.6) is 0 Å². The Hall–Kier alpha value is -1.20. The maximum absolute atomic E-state index is 13.3. The fourth-order valence-corrected chi connectivity index (χ4v) is 1.58. The molecule has 18 heteroatoms. The van der Waals surface area contributed by atoms with E-state index in [1.54, 1.807) is 0 Å². The summed E-state index contributed by atoms with van der Waals surface area (Å²) >= 11 is 0. The van der Waals surface area contributed by atoms with Crippen LogP contribution in [-0.2, 0) is 4.74 Å². The van der Waals surface area contributed by atoms with E-state index in [1.807, 2.05) is 0 Å². The molecule has 0 aliphatic heterocycles. The lowest BCUT2D eigenvalue weighted by Gasteiger charge is -2.42. The Kier molecular flexibility index (Phi) is 7.73. The van der Waals surface area contributed by atoms with Crippen LogP contribution in [0.15, 0.2) is 0 Å². The largest absolute Gasteiger partial charge is 0.391 e. The van der Waals surface area contributed by atoms with Crippen LogP contribution < -0.4 is 0 Å². The van der Waals surface area contributed by atoms with Gasteiger partial charge in [-0.15, -0.1) is 0 Å². The van der Waals surface area contributed by atoms with Gasteiger partial charge in [0.2, 0.25) is 0 Å². The molecule has 2 nitrogen and oxygen atoms in total. The molecule has 0 aromatic heterocycles. The van der Waals surface area contributed by atoms with E-state index in [2.05, 4.69) is 11.7 Å². The second-order valence-electron chi connectivity index (χ2n) is 5.67. The zero-order valence-electron chi connectivity index (χ0n) is 13.7. The van der Waals surface area contributed by atoms with E-state index >= 15 is 0 Å². The average Bonchev–Trinajstić information content (AvgIpc) is 2.52. The molecule has 181 valence electrons. The van der Waals surface area contributed by atoms with Crippen molar-refractivity contribution >= 4 is 0 Å². The maximum Gasteiger partial charge on any atom is 0.384 e. The van der Waals surface area contributed by atoms with Crippen molar-refractivity contribution in [2.45, 2.75) is 54.0 Å². The predicted molar refractivity (Wildman–Crippen MR) is 62.8 cm³/mol. The molecule has 0 heterocycles. The minimum atomic E-state index is -8.43. The molecule has 1 atom stereocenters. The van der Waals surface area contributed by atoms with E-state index in [0.717, 1.165) is 0 Å². The Morgan fingerprint density at radius 2 is 0.967 bits per heavy atom. The first-order chi connectivity index (χ1) is 12.9. The van der Waals surface area contributed by atoms with E-state index in [0.29, 0.717) is 0 Å². The van der Waals surface area contributed by atoms with Gasteiger partial charge in [0.05, 0.1) is 12.7 Å². The van der Waals surface area contributed by atoms with Crippen molar-refractivity contribution in [2.24, 2.45) is 0 Å². The van der Waals surface area contributed by atoms with Gasteiger partial charge in [-0.25, -0.2) is 8.78 Å². The van der Waals surface area contributed by atoms with Crippen molar-refractivity contribution in [3.8, 4) is 0 Å². The molecule has 0 saturated heterocycles. The standard InChI is InChI=1S/C12H9F16O2/c1-4(29)2-30-3-6(15,16)8(19,20)10(23,24)12(27,28)11(25,26)9(21,22)7(17,18)5(13)14/h4-5,29H,1-3H2. The molecular formula is C12H9F16O2. The van der Waals surface area contributed by atoms with Gasteiger partial charge in [-0.1, -0.05) is 0 Å². The van der Waals surface area contributed by atoms with Gasteiger partial charge in [0.25, 0.3) is 0 Å². The van der Waals surface area contributed by atoms with Crippen LogP contribution >= 0.6 is 0 Å². The molecule has 1 N–H and O–H groups in total. The molecule has 0 aromatic carbocycles. The van der Waals surface area contributed by atoms with Gasteiger partial charge in [-0.3, -0.25) is 0 Å². The summed E-state index contributed by atoms with van der Waals surface area (Å²) in [5, 5.41) is 8.51. The predicted octanol–water partition coefficient (Wildman–Crippen LogP) is 4.91. The number of hydrogen-bond donors (Lipinski definition) is 1. The molecule has 1 unspecified atom stereocenters. The van der Waals surface area contributed by atoms with E-state index < -0.39 is 67.2 Å². The highest BCUT2D eigenvalue weighted by Gasteiger charge is 2.93. The van der Waals surface area contributed by atoms with Gasteiger partial charge >= 0.3 is 47.9 Å². The lowest BCUT2D eigenvalue weighted by Crippen LogP contribution is -2.74. The molecule has 0 amide bonds. The number of aliphatic hydroxyl groups excluding tert-OH is 1. The first-order valence-corrected chi connectivity index (χ1v) is 6.88. The second-order valence-corrected chi connectivity index (χ2v) is 5.67. The summed E-state index contributed by atoms with van der Waals surface area (Å²) in [6, 6.07) is 0. The van der Waals surface area contributed by atoms with Gasteiger partial charge in [-0.2, -0.15) is 61.5 Å². The minimum absolute atomic E-state index is 1.41. The third kappa shape index (κ3) is 4.12. The quantitative estimate of drug-likeness (QED) is 0.419. The van der Waals surface area contributed by atoms with Crippen LogP contribution in [0.25, 0.3) is 0 Å². The highest BCUT2D eigenvalue weighted by Crippen LogP contribution is 2.62. The lowest BCUT2D eigenvalue weighted by molar-refractivity contribution is -0.448. The van der Waals surface area contributed by atoms with E-state index in [4.69, 9.17) is 5.11 Å². The molecule has 0 aliphatic carbocycles. The lowest BCUT2D eigenvalue weighted by atomic mass is 9.89.